The van der Waals surface area contributed by atoms with Crippen LogP contribution in [0.25, 0.3) is 0 Å². The molecule has 0 heterocycles. The van der Waals surface area contributed by atoms with E-state index >= 15 is 0 Å². The summed E-state index contributed by atoms with van der Waals surface area (Å²) in [4.78, 5) is 32.6. The van der Waals surface area contributed by atoms with Gasteiger partial charge < -0.3 is 21.3 Å². The van der Waals surface area contributed by atoms with Gasteiger partial charge in [-0.05, 0) is 24.1 Å². The van der Waals surface area contributed by atoms with E-state index in [-0.39, 0.29) is 24.9 Å². The monoisotopic (exact) mass is 280 g/mol. The molecule has 0 aromatic heterocycles. The average Bonchev–Trinajstić information content (AvgIpc) is 2.42. The van der Waals surface area contributed by atoms with Crippen LogP contribution in [-0.2, 0) is 16.1 Å². The molecular weight excluding hydrogens is 264 g/mol. The molecule has 0 aliphatic carbocycles. The summed E-state index contributed by atoms with van der Waals surface area (Å²) in [6.45, 7) is 0.208. The molecule has 0 saturated heterocycles. The van der Waals surface area contributed by atoms with E-state index in [4.69, 9.17) is 15.9 Å². The van der Waals surface area contributed by atoms with Crippen LogP contribution in [0.4, 0.5) is 0 Å². The van der Waals surface area contributed by atoms with Gasteiger partial charge in [-0.15, -0.1) is 0 Å². The van der Waals surface area contributed by atoms with Gasteiger partial charge in [0.2, 0.25) is 5.91 Å². The Hall–Kier alpha value is -2.41. The molecule has 1 atom stereocenters. The topological polar surface area (TPSA) is 130 Å². The van der Waals surface area contributed by atoms with Gasteiger partial charge in [-0.1, -0.05) is 12.1 Å². The lowest BCUT2D eigenvalue weighted by molar-refractivity contribution is -0.137. The normalized spacial score (nSPS) is 11.7. The molecule has 1 rings (SSSR count). The first-order chi connectivity index (χ1) is 9.40. The fraction of sp³-hybridized carbons (Fsp3) is 0.308. The molecule has 5 N–H and O–H groups in total. The summed E-state index contributed by atoms with van der Waals surface area (Å²) in [6, 6.07) is 5.19. The lowest BCUT2D eigenvalue weighted by Gasteiger charge is -2.11. The highest BCUT2D eigenvalue weighted by atomic mass is 16.4. The molecule has 0 fully saturated rings. The van der Waals surface area contributed by atoms with Crippen molar-refractivity contribution in [3.8, 4) is 0 Å². The molecule has 0 saturated carbocycles. The first-order valence-electron chi connectivity index (χ1n) is 5.97. The first-order valence-corrected chi connectivity index (χ1v) is 5.97. The van der Waals surface area contributed by atoms with E-state index < -0.39 is 23.9 Å². The number of hydrogen-bond donors (Lipinski definition) is 4. The Balaban J connectivity index is 2.44. The van der Waals surface area contributed by atoms with Crippen LogP contribution in [0.2, 0.25) is 0 Å². The van der Waals surface area contributed by atoms with Crippen molar-refractivity contribution in [3.05, 3.63) is 35.4 Å². The third-order valence-corrected chi connectivity index (χ3v) is 2.67. The number of aromatic carboxylic acids is 1. The second kappa shape index (κ2) is 7.25. The molecule has 7 nitrogen and oxygen atoms in total. The highest BCUT2D eigenvalue weighted by molar-refractivity contribution is 5.87. The zero-order valence-electron chi connectivity index (χ0n) is 10.7. The number of nitrogens with two attached hydrogens (primary N) is 1. The highest BCUT2D eigenvalue weighted by Crippen LogP contribution is 2.04. The minimum Gasteiger partial charge on any atom is -0.481 e. The fourth-order valence-corrected chi connectivity index (χ4v) is 1.50. The number of nitrogens with one attached hydrogen (secondary N) is 1. The fourth-order valence-electron chi connectivity index (χ4n) is 1.50. The number of carboxylic acids is 2. The Morgan fingerprint density at radius 2 is 1.75 bits per heavy atom. The maximum absolute atomic E-state index is 11.6. The van der Waals surface area contributed by atoms with Gasteiger partial charge in [0, 0.05) is 13.0 Å². The van der Waals surface area contributed by atoms with Crippen molar-refractivity contribution in [1.29, 1.82) is 0 Å². The SMILES string of the molecule is NC(CCC(=O)O)C(=O)NCc1ccc(C(=O)O)cc1. The predicted molar refractivity (Wildman–Crippen MR) is 70.1 cm³/mol. The van der Waals surface area contributed by atoms with Gasteiger partial charge >= 0.3 is 11.9 Å². The van der Waals surface area contributed by atoms with Crippen LogP contribution in [0, 0.1) is 0 Å². The molecule has 7 heteroatoms. The molecule has 1 amide bonds. The van der Waals surface area contributed by atoms with Crippen molar-refractivity contribution >= 4 is 17.8 Å². The van der Waals surface area contributed by atoms with Crippen molar-refractivity contribution in [2.75, 3.05) is 0 Å². The molecule has 0 aliphatic heterocycles. The molecule has 0 bridgehead atoms. The number of aliphatic carboxylic acids is 1. The van der Waals surface area contributed by atoms with E-state index in [0.29, 0.717) is 0 Å². The average molecular weight is 280 g/mol. The van der Waals surface area contributed by atoms with Crippen LogP contribution in [0.3, 0.4) is 0 Å². The number of hydrogen-bond acceptors (Lipinski definition) is 4. The second-order valence-electron chi connectivity index (χ2n) is 4.26. The molecule has 20 heavy (non-hydrogen) atoms. The van der Waals surface area contributed by atoms with E-state index in [2.05, 4.69) is 5.32 Å². The Morgan fingerprint density at radius 3 is 2.25 bits per heavy atom. The number of amides is 1. The minimum atomic E-state index is -1.02. The molecule has 0 aliphatic rings. The maximum atomic E-state index is 11.6. The van der Waals surface area contributed by atoms with Crippen LogP contribution >= 0.6 is 0 Å². The lowest BCUT2D eigenvalue weighted by atomic mass is 10.1. The zero-order valence-corrected chi connectivity index (χ0v) is 10.7. The number of benzene rings is 1. The van der Waals surface area contributed by atoms with E-state index in [1.54, 1.807) is 12.1 Å². The largest absolute Gasteiger partial charge is 0.481 e. The lowest BCUT2D eigenvalue weighted by Crippen LogP contribution is -2.40. The van der Waals surface area contributed by atoms with Crippen molar-refractivity contribution in [2.24, 2.45) is 5.73 Å². The Kier molecular flexibility index (Phi) is 5.67. The summed E-state index contributed by atoms with van der Waals surface area (Å²) < 4.78 is 0. The van der Waals surface area contributed by atoms with Gasteiger partial charge in [-0.3, -0.25) is 9.59 Å². The number of rotatable bonds is 7. The third-order valence-electron chi connectivity index (χ3n) is 2.67. The standard InChI is InChI=1S/C13H16N2O5/c14-10(5-6-11(16)17)12(18)15-7-8-1-3-9(4-2-8)13(19)20/h1-4,10H,5-7,14H2,(H,15,18)(H,16,17)(H,19,20). The Bertz CT molecular complexity index is 498. The molecule has 0 radical (unpaired) electrons. The molecule has 1 aromatic rings. The smallest absolute Gasteiger partial charge is 0.335 e. The van der Waals surface area contributed by atoms with Gasteiger partial charge in [-0.2, -0.15) is 0 Å². The van der Waals surface area contributed by atoms with Gasteiger partial charge in [0.05, 0.1) is 11.6 Å². The van der Waals surface area contributed by atoms with Gasteiger partial charge in [0.15, 0.2) is 0 Å². The number of carbonyl (C=O) groups is 3. The summed E-state index contributed by atoms with van der Waals surface area (Å²) in [6.07, 6.45) is -0.0962. The summed E-state index contributed by atoms with van der Waals surface area (Å²) in [5, 5.41) is 19.8. The van der Waals surface area contributed by atoms with E-state index in [1.807, 2.05) is 0 Å². The van der Waals surface area contributed by atoms with Crippen LogP contribution in [0.1, 0.15) is 28.8 Å². The van der Waals surface area contributed by atoms with Crippen molar-refractivity contribution in [3.63, 3.8) is 0 Å². The van der Waals surface area contributed by atoms with Gasteiger partial charge in [-0.25, -0.2) is 4.79 Å². The van der Waals surface area contributed by atoms with E-state index in [1.165, 1.54) is 12.1 Å². The van der Waals surface area contributed by atoms with Crippen molar-refractivity contribution < 1.29 is 24.6 Å². The Morgan fingerprint density at radius 1 is 1.15 bits per heavy atom. The summed E-state index contributed by atoms with van der Waals surface area (Å²) in [5.41, 5.74) is 6.44. The Labute approximate surface area is 115 Å². The molecule has 1 unspecified atom stereocenters. The van der Waals surface area contributed by atoms with E-state index in [0.717, 1.165) is 5.56 Å². The minimum absolute atomic E-state index is 0.0686. The highest BCUT2D eigenvalue weighted by Gasteiger charge is 2.14. The first kappa shape index (κ1) is 15.6. The zero-order chi connectivity index (χ0) is 15.1. The summed E-state index contributed by atoms with van der Waals surface area (Å²) in [5.74, 6) is -2.46. The molecule has 0 spiro atoms. The molecule has 1 aromatic carbocycles. The van der Waals surface area contributed by atoms with Crippen LogP contribution in [-0.4, -0.2) is 34.1 Å². The van der Waals surface area contributed by atoms with Crippen LogP contribution < -0.4 is 11.1 Å². The summed E-state index contributed by atoms with van der Waals surface area (Å²) >= 11 is 0. The quantitative estimate of drug-likeness (QED) is 0.564. The summed E-state index contributed by atoms with van der Waals surface area (Å²) in [7, 11) is 0. The van der Waals surface area contributed by atoms with Crippen LogP contribution in [0.5, 0.6) is 0 Å². The maximum Gasteiger partial charge on any atom is 0.335 e. The molecular formula is C13H16N2O5. The van der Waals surface area contributed by atoms with Gasteiger partial charge in [0.25, 0.3) is 0 Å². The third kappa shape index (κ3) is 5.07. The van der Waals surface area contributed by atoms with Crippen LogP contribution in [0.15, 0.2) is 24.3 Å². The number of carboxylic acid groups (broad SMARTS) is 2. The second-order valence-corrected chi connectivity index (χ2v) is 4.26. The molecule has 108 valence electrons. The number of carbonyl (C=O) groups excluding carboxylic acids is 1. The predicted octanol–water partition coefficient (Wildman–Crippen LogP) is 0.193. The van der Waals surface area contributed by atoms with Crippen molar-refractivity contribution in [1.82, 2.24) is 5.32 Å². The van der Waals surface area contributed by atoms with Gasteiger partial charge in [0.1, 0.15) is 0 Å². The van der Waals surface area contributed by atoms with E-state index in [9.17, 15) is 14.4 Å². The van der Waals surface area contributed by atoms with Crippen molar-refractivity contribution in [2.45, 2.75) is 25.4 Å².